The van der Waals surface area contributed by atoms with Crippen LogP contribution in [0.3, 0.4) is 0 Å². The van der Waals surface area contributed by atoms with E-state index in [4.69, 9.17) is 0 Å². The maximum atomic E-state index is 13.4. The van der Waals surface area contributed by atoms with Crippen molar-refractivity contribution in [3.8, 4) is 5.69 Å². The number of H-pyrrole nitrogens is 1. The number of anilines is 1. The second-order valence-corrected chi connectivity index (χ2v) is 7.37. The number of hydrogen-bond donors (Lipinski definition) is 2. The van der Waals surface area contributed by atoms with Gasteiger partial charge in [-0.1, -0.05) is 0 Å². The summed E-state index contributed by atoms with van der Waals surface area (Å²) in [6.45, 7) is 1.83. The molecule has 1 heterocycles. The van der Waals surface area contributed by atoms with Gasteiger partial charge in [-0.2, -0.15) is 0 Å². The van der Waals surface area contributed by atoms with Crippen molar-refractivity contribution in [1.29, 1.82) is 0 Å². The molecular formula is C19H21F4N3O2. The van der Waals surface area contributed by atoms with Crippen LogP contribution in [0.1, 0.15) is 39.0 Å². The number of alkyl halides is 2. The average Bonchev–Trinajstić information content (AvgIpc) is 2.55. The monoisotopic (exact) mass is 399 g/mol. The second-order valence-electron chi connectivity index (χ2n) is 7.37. The molecule has 3 rings (SSSR count). The van der Waals surface area contributed by atoms with Gasteiger partial charge >= 0.3 is 5.69 Å². The molecular weight excluding hydrogens is 378 g/mol. The first kappa shape index (κ1) is 20.2. The predicted molar refractivity (Wildman–Crippen MR) is 97.2 cm³/mol. The zero-order valence-corrected chi connectivity index (χ0v) is 15.3. The second kappa shape index (κ2) is 7.81. The van der Waals surface area contributed by atoms with Crippen LogP contribution in [-0.2, 0) is 0 Å². The largest absolute Gasteiger partial charge is 0.369 e. The number of aromatic nitrogens is 2. The average molecular weight is 399 g/mol. The number of hydrogen-bond acceptors (Lipinski definition) is 3. The summed E-state index contributed by atoms with van der Waals surface area (Å²) in [5.41, 5.74) is -1.81. The molecule has 1 fully saturated rings. The summed E-state index contributed by atoms with van der Waals surface area (Å²) in [7, 11) is 0. The van der Waals surface area contributed by atoms with E-state index >= 15 is 0 Å². The smallest absolute Gasteiger partial charge is 0.334 e. The Hall–Kier alpha value is -2.58. The molecule has 1 aliphatic carbocycles. The number of halogens is 4. The molecule has 28 heavy (non-hydrogen) atoms. The summed E-state index contributed by atoms with van der Waals surface area (Å²) in [6.07, 6.45) is 1.24. The van der Waals surface area contributed by atoms with Crippen molar-refractivity contribution < 1.29 is 17.6 Å². The zero-order chi connectivity index (χ0) is 20.5. The first-order valence-corrected chi connectivity index (χ1v) is 9.10. The van der Waals surface area contributed by atoms with Gasteiger partial charge in [0, 0.05) is 31.0 Å². The topological polar surface area (TPSA) is 66.9 Å². The molecule has 0 amide bonds. The molecule has 1 aliphatic rings. The fourth-order valence-electron chi connectivity index (χ4n) is 3.65. The molecule has 9 heteroatoms. The minimum Gasteiger partial charge on any atom is -0.369 e. The van der Waals surface area contributed by atoms with Gasteiger partial charge < -0.3 is 5.32 Å². The van der Waals surface area contributed by atoms with Crippen LogP contribution in [0.4, 0.5) is 23.4 Å². The molecule has 0 radical (unpaired) electrons. The van der Waals surface area contributed by atoms with Gasteiger partial charge in [-0.25, -0.2) is 26.9 Å². The Bertz CT molecular complexity index is 909. The van der Waals surface area contributed by atoms with E-state index in [9.17, 15) is 27.2 Å². The minimum atomic E-state index is -2.58. The minimum absolute atomic E-state index is 0.124. The van der Waals surface area contributed by atoms with E-state index in [2.05, 4.69) is 10.3 Å². The molecule has 0 saturated heterocycles. The Morgan fingerprint density at radius 2 is 1.75 bits per heavy atom. The number of nitrogens with zero attached hydrogens (tertiary/aromatic N) is 1. The van der Waals surface area contributed by atoms with Crippen LogP contribution in [0.2, 0.25) is 0 Å². The van der Waals surface area contributed by atoms with Gasteiger partial charge in [0.15, 0.2) is 0 Å². The Morgan fingerprint density at radius 1 is 1.14 bits per heavy atom. The van der Waals surface area contributed by atoms with E-state index < -0.39 is 28.8 Å². The summed E-state index contributed by atoms with van der Waals surface area (Å²) in [6, 6.07) is 3.37. The van der Waals surface area contributed by atoms with Crippen molar-refractivity contribution in [2.45, 2.75) is 51.0 Å². The highest BCUT2D eigenvalue weighted by Gasteiger charge is 2.35. The zero-order valence-electron chi connectivity index (χ0n) is 15.3. The van der Waals surface area contributed by atoms with Gasteiger partial charge in [-0.3, -0.25) is 9.78 Å². The van der Waals surface area contributed by atoms with E-state index in [-0.39, 0.29) is 36.3 Å². The third-order valence-corrected chi connectivity index (χ3v) is 4.96. The lowest BCUT2D eigenvalue weighted by atomic mass is 9.83. The van der Waals surface area contributed by atoms with E-state index in [0.29, 0.717) is 29.9 Å². The van der Waals surface area contributed by atoms with Gasteiger partial charge in [0.25, 0.3) is 5.56 Å². The van der Waals surface area contributed by atoms with Crippen molar-refractivity contribution in [3.05, 3.63) is 56.7 Å². The van der Waals surface area contributed by atoms with Gasteiger partial charge in [0.2, 0.25) is 5.92 Å². The quantitative estimate of drug-likeness (QED) is 0.752. The van der Waals surface area contributed by atoms with Gasteiger partial charge in [-0.05, 0) is 44.2 Å². The fraction of sp³-hybridized carbons (Fsp3) is 0.474. The van der Waals surface area contributed by atoms with Crippen molar-refractivity contribution in [3.63, 3.8) is 0 Å². The van der Waals surface area contributed by atoms with Crippen molar-refractivity contribution in [1.82, 2.24) is 9.55 Å². The summed E-state index contributed by atoms with van der Waals surface area (Å²) in [5.74, 6) is -4.09. The number of benzene rings is 1. The molecule has 1 saturated carbocycles. The summed E-state index contributed by atoms with van der Waals surface area (Å²) < 4.78 is 53.9. The Labute approximate surface area is 158 Å². The number of rotatable bonds is 5. The number of aromatic amines is 1. The summed E-state index contributed by atoms with van der Waals surface area (Å²) >= 11 is 0. The standard InChI is InChI=1S/C19H21F4N3O2/c1-11(6-12-2-4-19(22,23)5-3-12)24-16-10-17(27)26(18(28)25-16)15-8-13(20)7-14(21)9-15/h7-12,24H,2-6H2,1H3,(H,25,28). The van der Waals surface area contributed by atoms with Crippen molar-refractivity contribution >= 4 is 5.82 Å². The molecule has 5 nitrogen and oxygen atoms in total. The molecule has 1 unspecified atom stereocenters. The fourth-order valence-corrected chi connectivity index (χ4v) is 3.65. The SMILES string of the molecule is CC(CC1CCC(F)(F)CC1)Nc1cc(=O)n(-c2cc(F)cc(F)c2)c(=O)[nH]1. The normalized spacial score (nSPS) is 18.0. The lowest BCUT2D eigenvalue weighted by molar-refractivity contribution is -0.0468. The highest BCUT2D eigenvalue weighted by atomic mass is 19.3. The highest BCUT2D eigenvalue weighted by Crippen LogP contribution is 2.37. The van der Waals surface area contributed by atoms with E-state index in [0.717, 1.165) is 18.2 Å². The molecule has 1 aromatic carbocycles. The molecule has 1 aromatic heterocycles. The van der Waals surface area contributed by atoms with Gasteiger partial charge in [-0.15, -0.1) is 0 Å². The Kier molecular flexibility index (Phi) is 5.62. The summed E-state index contributed by atoms with van der Waals surface area (Å²) in [5, 5.41) is 2.99. The van der Waals surface area contributed by atoms with E-state index in [1.807, 2.05) is 6.92 Å². The molecule has 1 atom stereocenters. The Morgan fingerprint density at radius 3 is 2.32 bits per heavy atom. The lowest BCUT2D eigenvalue weighted by Gasteiger charge is -2.30. The van der Waals surface area contributed by atoms with Crippen LogP contribution >= 0.6 is 0 Å². The summed E-state index contributed by atoms with van der Waals surface area (Å²) in [4.78, 5) is 27.0. The Balaban J connectivity index is 1.72. The van der Waals surface area contributed by atoms with Crippen LogP contribution in [0, 0.1) is 17.6 Å². The lowest BCUT2D eigenvalue weighted by Crippen LogP contribution is -2.35. The maximum absolute atomic E-state index is 13.4. The predicted octanol–water partition coefficient (Wildman–Crippen LogP) is 3.82. The third kappa shape index (κ3) is 4.82. The van der Waals surface area contributed by atoms with Crippen LogP contribution in [0.5, 0.6) is 0 Å². The first-order valence-electron chi connectivity index (χ1n) is 9.10. The third-order valence-electron chi connectivity index (χ3n) is 4.96. The van der Waals surface area contributed by atoms with Crippen LogP contribution in [-0.4, -0.2) is 21.5 Å². The van der Waals surface area contributed by atoms with Crippen LogP contribution in [0.25, 0.3) is 5.69 Å². The molecule has 0 spiro atoms. The van der Waals surface area contributed by atoms with Crippen LogP contribution in [0.15, 0.2) is 33.9 Å². The molecule has 0 aliphatic heterocycles. The van der Waals surface area contributed by atoms with Gasteiger partial charge in [0.1, 0.15) is 17.5 Å². The highest BCUT2D eigenvalue weighted by molar-refractivity contribution is 5.38. The first-order chi connectivity index (χ1) is 13.1. The van der Waals surface area contributed by atoms with Gasteiger partial charge in [0.05, 0.1) is 5.69 Å². The van der Waals surface area contributed by atoms with Crippen LogP contribution < -0.4 is 16.6 Å². The molecule has 2 N–H and O–H groups in total. The van der Waals surface area contributed by atoms with Crippen molar-refractivity contribution in [2.75, 3.05) is 5.32 Å². The number of nitrogens with one attached hydrogen (secondary N) is 2. The van der Waals surface area contributed by atoms with Crippen molar-refractivity contribution in [2.24, 2.45) is 5.92 Å². The molecule has 0 bridgehead atoms. The van der Waals surface area contributed by atoms with E-state index in [1.54, 1.807) is 0 Å². The van der Waals surface area contributed by atoms with E-state index in [1.165, 1.54) is 0 Å². The molecule has 152 valence electrons. The molecule has 2 aromatic rings. The maximum Gasteiger partial charge on any atom is 0.334 e.